The van der Waals surface area contributed by atoms with Gasteiger partial charge in [0.25, 0.3) is 11.8 Å². The molecule has 154 valence electrons. The second-order valence-corrected chi connectivity index (χ2v) is 6.10. The number of ether oxygens (including phenoxy) is 2. The quantitative estimate of drug-likeness (QED) is 0.473. The Balaban J connectivity index is 2.08. The first-order valence-corrected chi connectivity index (χ1v) is 8.72. The predicted octanol–water partition coefficient (Wildman–Crippen LogP) is 2.12. The molecule has 0 aromatic heterocycles. The summed E-state index contributed by atoms with van der Waals surface area (Å²) in [5.74, 6) is -0.676. The van der Waals surface area contributed by atoms with Crippen LogP contribution in [0.3, 0.4) is 0 Å². The SMILES string of the molecule is COc1cc(/C=C(/C#N)C(=O)NC(N)=O)ccc1OCC(=O)Nc1ccc(C)cc1. The van der Waals surface area contributed by atoms with Gasteiger partial charge in [-0.05, 0) is 42.8 Å². The van der Waals surface area contributed by atoms with Crippen LogP contribution in [0.5, 0.6) is 11.5 Å². The van der Waals surface area contributed by atoms with E-state index in [-0.39, 0.29) is 18.1 Å². The summed E-state index contributed by atoms with van der Waals surface area (Å²) in [6.45, 7) is 1.70. The second kappa shape index (κ2) is 10.3. The van der Waals surface area contributed by atoms with E-state index >= 15 is 0 Å². The van der Waals surface area contributed by atoms with Crippen molar-refractivity contribution in [1.82, 2.24) is 5.32 Å². The number of rotatable bonds is 7. The lowest BCUT2D eigenvalue weighted by atomic mass is 10.1. The number of aryl methyl sites for hydroxylation is 1. The number of hydrogen-bond acceptors (Lipinski definition) is 6. The summed E-state index contributed by atoms with van der Waals surface area (Å²) >= 11 is 0. The monoisotopic (exact) mass is 408 g/mol. The maximum atomic E-state index is 12.1. The standard InChI is InChI=1S/C21H20N4O5/c1-13-3-6-16(7-4-13)24-19(26)12-30-17-8-5-14(10-18(17)29-2)9-15(11-22)20(27)25-21(23)28/h3-10H,12H2,1-2H3,(H,24,26)(H3,23,25,27,28)/b15-9-. The largest absolute Gasteiger partial charge is 0.493 e. The Labute approximate surface area is 173 Å². The van der Waals surface area contributed by atoms with E-state index in [2.05, 4.69) is 5.32 Å². The lowest BCUT2D eigenvalue weighted by Crippen LogP contribution is -2.35. The summed E-state index contributed by atoms with van der Waals surface area (Å²) in [4.78, 5) is 34.6. The highest BCUT2D eigenvalue weighted by Gasteiger charge is 2.13. The zero-order valence-electron chi connectivity index (χ0n) is 16.4. The van der Waals surface area contributed by atoms with Crippen molar-refractivity contribution in [2.45, 2.75) is 6.92 Å². The number of urea groups is 1. The van der Waals surface area contributed by atoms with Crippen LogP contribution in [-0.2, 0) is 9.59 Å². The summed E-state index contributed by atoms with van der Waals surface area (Å²) in [6.07, 6.45) is 1.26. The molecule has 30 heavy (non-hydrogen) atoms. The normalized spacial score (nSPS) is 10.5. The predicted molar refractivity (Wildman–Crippen MR) is 110 cm³/mol. The van der Waals surface area contributed by atoms with E-state index in [4.69, 9.17) is 20.5 Å². The number of benzene rings is 2. The van der Waals surface area contributed by atoms with Crippen LogP contribution in [0.15, 0.2) is 48.0 Å². The van der Waals surface area contributed by atoms with Crippen molar-refractivity contribution < 1.29 is 23.9 Å². The molecule has 0 unspecified atom stereocenters. The summed E-state index contributed by atoms with van der Waals surface area (Å²) in [7, 11) is 1.41. The smallest absolute Gasteiger partial charge is 0.319 e. The van der Waals surface area contributed by atoms with Crippen molar-refractivity contribution in [3.63, 3.8) is 0 Å². The van der Waals surface area contributed by atoms with Gasteiger partial charge in [0, 0.05) is 5.69 Å². The van der Waals surface area contributed by atoms with Gasteiger partial charge in [0.15, 0.2) is 18.1 Å². The topological polar surface area (TPSA) is 144 Å². The molecular weight excluding hydrogens is 388 g/mol. The summed E-state index contributed by atoms with van der Waals surface area (Å²) in [5.41, 5.74) is 6.74. The molecule has 0 aliphatic rings. The Morgan fingerprint density at radius 2 is 1.83 bits per heavy atom. The third-order valence-electron chi connectivity index (χ3n) is 3.79. The van der Waals surface area contributed by atoms with Gasteiger partial charge in [0.05, 0.1) is 7.11 Å². The molecule has 0 atom stereocenters. The molecule has 0 saturated heterocycles. The molecule has 4 N–H and O–H groups in total. The highest BCUT2D eigenvalue weighted by molar-refractivity contribution is 6.08. The number of carbonyl (C=O) groups is 3. The lowest BCUT2D eigenvalue weighted by Gasteiger charge is -2.12. The molecule has 0 saturated carbocycles. The number of amides is 4. The van der Waals surface area contributed by atoms with Gasteiger partial charge in [0.1, 0.15) is 11.6 Å². The second-order valence-electron chi connectivity index (χ2n) is 6.10. The van der Waals surface area contributed by atoms with Crippen molar-refractivity contribution in [3.8, 4) is 17.6 Å². The van der Waals surface area contributed by atoms with Crippen molar-refractivity contribution in [3.05, 3.63) is 59.2 Å². The van der Waals surface area contributed by atoms with E-state index in [1.165, 1.54) is 25.3 Å². The Hall–Kier alpha value is -4.32. The van der Waals surface area contributed by atoms with Gasteiger partial charge in [-0.3, -0.25) is 14.9 Å². The first-order chi connectivity index (χ1) is 14.3. The average Bonchev–Trinajstić information content (AvgIpc) is 2.71. The molecule has 0 aliphatic carbocycles. The molecule has 0 aliphatic heterocycles. The number of methoxy groups -OCH3 is 1. The number of hydrogen-bond donors (Lipinski definition) is 3. The Kier molecular flexibility index (Phi) is 7.53. The average molecular weight is 408 g/mol. The minimum absolute atomic E-state index is 0.246. The molecule has 0 radical (unpaired) electrons. The van der Waals surface area contributed by atoms with Gasteiger partial charge in [-0.15, -0.1) is 0 Å². The Bertz CT molecular complexity index is 1020. The van der Waals surface area contributed by atoms with Crippen molar-refractivity contribution in [1.29, 1.82) is 5.26 Å². The fourth-order valence-corrected chi connectivity index (χ4v) is 2.36. The van der Waals surface area contributed by atoms with Crippen molar-refractivity contribution in [2.24, 2.45) is 5.73 Å². The molecule has 0 spiro atoms. The van der Waals surface area contributed by atoms with E-state index in [1.54, 1.807) is 24.3 Å². The van der Waals surface area contributed by atoms with Crippen LogP contribution >= 0.6 is 0 Å². The van der Waals surface area contributed by atoms with Crippen molar-refractivity contribution in [2.75, 3.05) is 19.0 Å². The molecular formula is C21H20N4O5. The highest BCUT2D eigenvalue weighted by atomic mass is 16.5. The van der Waals surface area contributed by atoms with Crippen LogP contribution in [0.2, 0.25) is 0 Å². The summed E-state index contributed by atoms with van der Waals surface area (Å²) in [6, 6.07) is 12.6. The molecule has 2 rings (SSSR count). The van der Waals surface area contributed by atoms with Gasteiger partial charge in [0.2, 0.25) is 0 Å². The highest BCUT2D eigenvalue weighted by Crippen LogP contribution is 2.29. The van der Waals surface area contributed by atoms with Crippen LogP contribution in [0.25, 0.3) is 6.08 Å². The minimum Gasteiger partial charge on any atom is -0.493 e. The lowest BCUT2D eigenvalue weighted by molar-refractivity contribution is -0.118. The van der Waals surface area contributed by atoms with E-state index in [9.17, 15) is 14.4 Å². The first kappa shape index (κ1) is 22.0. The first-order valence-electron chi connectivity index (χ1n) is 8.72. The van der Waals surface area contributed by atoms with Crippen LogP contribution < -0.4 is 25.8 Å². The molecule has 0 bridgehead atoms. The number of nitrogens with two attached hydrogens (primary N) is 1. The zero-order valence-corrected chi connectivity index (χ0v) is 16.4. The number of primary amides is 1. The number of imide groups is 1. The molecule has 9 heteroatoms. The molecule has 2 aromatic rings. The number of nitrogens with zero attached hydrogens (tertiary/aromatic N) is 1. The number of nitriles is 1. The summed E-state index contributed by atoms with van der Waals surface area (Å²) in [5, 5.41) is 13.6. The van der Waals surface area contributed by atoms with Gasteiger partial charge < -0.3 is 20.5 Å². The van der Waals surface area contributed by atoms with Gasteiger partial charge >= 0.3 is 6.03 Å². The maximum Gasteiger partial charge on any atom is 0.319 e. The number of anilines is 1. The van der Waals surface area contributed by atoms with Crippen LogP contribution in [-0.4, -0.2) is 31.6 Å². The molecule has 4 amide bonds. The van der Waals surface area contributed by atoms with E-state index in [0.29, 0.717) is 22.7 Å². The van der Waals surface area contributed by atoms with E-state index < -0.39 is 11.9 Å². The van der Waals surface area contributed by atoms with Crippen LogP contribution in [0, 0.1) is 18.3 Å². The van der Waals surface area contributed by atoms with Gasteiger partial charge in [-0.1, -0.05) is 23.8 Å². The molecule has 0 heterocycles. The minimum atomic E-state index is -1.06. The maximum absolute atomic E-state index is 12.1. The van der Waals surface area contributed by atoms with Gasteiger partial charge in [-0.2, -0.15) is 5.26 Å². The number of nitrogens with one attached hydrogen (secondary N) is 2. The van der Waals surface area contributed by atoms with Crippen molar-refractivity contribution >= 4 is 29.6 Å². The van der Waals surface area contributed by atoms with E-state index in [1.807, 2.05) is 24.4 Å². The van der Waals surface area contributed by atoms with Gasteiger partial charge in [-0.25, -0.2) is 4.79 Å². The summed E-state index contributed by atoms with van der Waals surface area (Å²) < 4.78 is 10.8. The van der Waals surface area contributed by atoms with E-state index in [0.717, 1.165) is 5.56 Å². The molecule has 2 aromatic carbocycles. The Morgan fingerprint density at radius 1 is 1.13 bits per heavy atom. The fourth-order valence-electron chi connectivity index (χ4n) is 2.36. The Morgan fingerprint density at radius 3 is 2.43 bits per heavy atom. The molecule has 0 fully saturated rings. The third-order valence-corrected chi connectivity index (χ3v) is 3.79. The van der Waals surface area contributed by atoms with Crippen LogP contribution in [0.1, 0.15) is 11.1 Å². The third kappa shape index (κ3) is 6.38. The molecule has 9 nitrogen and oxygen atoms in total. The fraction of sp³-hybridized carbons (Fsp3) is 0.143. The number of carbonyl (C=O) groups excluding carboxylic acids is 3. The van der Waals surface area contributed by atoms with Crippen LogP contribution in [0.4, 0.5) is 10.5 Å². The zero-order chi connectivity index (χ0) is 22.1.